The molecular formula is C15H20ClNO3S. The molecule has 1 aliphatic rings. The van der Waals surface area contributed by atoms with Crippen molar-refractivity contribution in [1.29, 1.82) is 0 Å². The van der Waals surface area contributed by atoms with Gasteiger partial charge in [-0.2, -0.15) is 0 Å². The molecule has 0 bridgehead atoms. The maximum absolute atomic E-state index is 12.3. The molecule has 6 heteroatoms. The Kier molecular flexibility index (Phi) is 4.63. The molecule has 1 aliphatic heterocycles. The van der Waals surface area contributed by atoms with Gasteiger partial charge in [-0.25, -0.2) is 8.42 Å². The van der Waals surface area contributed by atoms with Crippen LogP contribution in [-0.4, -0.2) is 37.8 Å². The number of amides is 1. The monoisotopic (exact) mass is 329 g/mol. The molecule has 1 amide bonds. The van der Waals surface area contributed by atoms with E-state index in [1.54, 1.807) is 4.90 Å². The summed E-state index contributed by atoms with van der Waals surface area (Å²) in [6.45, 7) is 5.87. The second-order valence-electron chi connectivity index (χ2n) is 5.70. The van der Waals surface area contributed by atoms with Gasteiger partial charge in [0.2, 0.25) is 5.91 Å². The zero-order chi connectivity index (χ0) is 15.8. The molecule has 1 fully saturated rings. The van der Waals surface area contributed by atoms with E-state index in [1.807, 2.05) is 32.9 Å². The standard InChI is InChI=1S/C15H20ClNO3S/c1-10-6-11(2)15(12(3)7-10)17(14(18)8-16)13-4-5-21(19,20)9-13/h6-7,13H,4-5,8-9H2,1-3H3. The number of hydrogen-bond donors (Lipinski definition) is 0. The highest BCUT2D eigenvalue weighted by Crippen LogP contribution is 2.31. The summed E-state index contributed by atoms with van der Waals surface area (Å²) >= 11 is 5.74. The predicted octanol–water partition coefficient (Wildman–Crippen LogP) is 2.37. The molecular weight excluding hydrogens is 310 g/mol. The quantitative estimate of drug-likeness (QED) is 0.800. The Hall–Kier alpha value is -1.07. The number of carbonyl (C=O) groups excluding carboxylic acids is 1. The van der Waals surface area contributed by atoms with Crippen LogP contribution in [0.3, 0.4) is 0 Å². The van der Waals surface area contributed by atoms with Gasteiger partial charge in [0, 0.05) is 5.69 Å². The van der Waals surface area contributed by atoms with Crippen LogP contribution in [-0.2, 0) is 14.6 Å². The van der Waals surface area contributed by atoms with E-state index in [1.165, 1.54) is 0 Å². The van der Waals surface area contributed by atoms with E-state index in [4.69, 9.17) is 11.6 Å². The molecule has 0 radical (unpaired) electrons. The van der Waals surface area contributed by atoms with E-state index in [9.17, 15) is 13.2 Å². The third-order valence-corrected chi connectivity index (χ3v) is 5.81. The fraction of sp³-hybridized carbons (Fsp3) is 0.533. The number of anilines is 1. The van der Waals surface area contributed by atoms with E-state index in [2.05, 4.69) is 0 Å². The van der Waals surface area contributed by atoms with Gasteiger partial charge in [-0.05, 0) is 38.3 Å². The Balaban J connectivity index is 2.50. The first-order valence-electron chi connectivity index (χ1n) is 6.91. The smallest absolute Gasteiger partial charge is 0.242 e. The molecule has 4 nitrogen and oxygen atoms in total. The van der Waals surface area contributed by atoms with Crippen LogP contribution in [0.4, 0.5) is 5.69 Å². The minimum absolute atomic E-state index is 0.0163. The van der Waals surface area contributed by atoms with E-state index in [0.717, 1.165) is 22.4 Å². The Labute approximate surface area is 131 Å². The van der Waals surface area contributed by atoms with Gasteiger partial charge in [0.15, 0.2) is 9.84 Å². The highest BCUT2D eigenvalue weighted by atomic mass is 35.5. The molecule has 1 aromatic carbocycles. The first kappa shape index (κ1) is 16.3. The summed E-state index contributed by atoms with van der Waals surface area (Å²) in [5.41, 5.74) is 3.85. The minimum atomic E-state index is -3.06. The number of aryl methyl sites for hydroxylation is 3. The molecule has 0 aliphatic carbocycles. The summed E-state index contributed by atoms with van der Waals surface area (Å²) in [6, 6.07) is 3.68. The van der Waals surface area contributed by atoms with Crippen molar-refractivity contribution in [1.82, 2.24) is 0 Å². The molecule has 1 unspecified atom stereocenters. The molecule has 116 valence electrons. The molecule has 0 aromatic heterocycles. The van der Waals surface area contributed by atoms with Crippen LogP contribution in [0.15, 0.2) is 12.1 Å². The number of halogens is 1. The molecule has 1 aromatic rings. The number of hydrogen-bond acceptors (Lipinski definition) is 3. The average molecular weight is 330 g/mol. The fourth-order valence-corrected chi connectivity index (χ4v) is 4.94. The lowest BCUT2D eigenvalue weighted by Gasteiger charge is -2.31. The highest BCUT2D eigenvalue weighted by molar-refractivity contribution is 7.91. The fourth-order valence-electron chi connectivity index (χ4n) is 3.11. The second-order valence-corrected chi connectivity index (χ2v) is 8.20. The van der Waals surface area contributed by atoms with Crippen molar-refractivity contribution in [2.24, 2.45) is 0 Å². The van der Waals surface area contributed by atoms with Crippen molar-refractivity contribution >= 4 is 33.0 Å². The Morgan fingerprint density at radius 1 is 1.29 bits per heavy atom. The zero-order valence-electron chi connectivity index (χ0n) is 12.5. The van der Waals surface area contributed by atoms with Crippen molar-refractivity contribution in [3.05, 3.63) is 28.8 Å². The van der Waals surface area contributed by atoms with Crippen LogP contribution >= 0.6 is 11.6 Å². The van der Waals surface area contributed by atoms with Crippen LogP contribution in [0.1, 0.15) is 23.1 Å². The molecule has 1 heterocycles. The second kappa shape index (κ2) is 5.97. The van der Waals surface area contributed by atoms with Gasteiger partial charge < -0.3 is 4.90 Å². The third-order valence-electron chi connectivity index (χ3n) is 3.83. The summed E-state index contributed by atoms with van der Waals surface area (Å²) in [5, 5.41) is 0. The molecule has 0 N–H and O–H groups in total. The maximum atomic E-state index is 12.3. The molecule has 0 saturated carbocycles. The topological polar surface area (TPSA) is 54.5 Å². The molecule has 1 saturated heterocycles. The maximum Gasteiger partial charge on any atom is 0.242 e. The first-order valence-corrected chi connectivity index (χ1v) is 9.27. The minimum Gasteiger partial charge on any atom is -0.307 e. The number of benzene rings is 1. The Morgan fingerprint density at radius 3 is 2.29 bits per heavy atom. The molecule has 0 spiro atoms. The summed E-state index contributed by atoms with van der Waals surface area (Å²) in [6.07, 6.45) is 0.470. The summed E-state index contributed by atoms with van der Waals surface area (Å²) in [7, 11) is -3.06. The van der Waals surface area contributed by atoms with E-state index < -0.39 is 9.84 Å². The average Bonchev–Trinajstić information content (AvgIpc) is 2.72. The number of rotatable bonds is 3. The van der Waals surface area contributed by atoms with Crippen LogP contribution in [0.5, 0.6) is 0 Å². The van der Waals surface area contributed by atoms with Gasteiger partial charge in [0.25, 0.3) is 0 Å². The molecule has 21 heavy (non-hydrogen) atoms. The van der Waals surface area contributed by atoms with Gasteiger partial charge in [-0.3, -0.25) is 4.79 Å². The van der Waals surface area contributed by atoms with Crippen molar-refractivity contribution in [2.75, 3.05) is 22.3 Å². The van der Waals surface area contributed by atoms with Crippen molar-refractivity contribution in [3.63, 3.8) is 0 Å². The van der Waals surface area contributed by atoms with E-state index in [0.29, 0.717) is 6.42 Å². The van der Waals surface area contributed by atoms with Crippen LogP contribution < -0.4 is 4.90 Å². The van der Waals surface area contributed by atoms with Crippen LogP contribution in [0.2, 0.25) is 0 Å². The predicted molar refractivity (Wildman–Crippen MR) is 85.9 cm³/mol. The number of alkyl halides is 1. The number of nitrogens with zero attached hydrogens (tertiary/aromatic N) is 1. The van der Waals surface area contributed by atoms with Crippen LogP contribution in [0.25, 0.3) is 0 Å². The van der Waals surface area contributed by atoms with Gasteiger partial charge in [0.1, 0.15) is 5.88 Å². The van der Waals surface area contributed by atoms with Gasteiger partial charge in [-0.15, -0.1) is 11.6 Å². The summed E-state index contributed by atoms with van der Waals surface area (Å²) in [5.74, 6) is -0.242. The lowest BCUT2D eigenvalue weighted by atomic mass is 10.0. The Morgan fingerprint density at radius 2 is 1.86 bits per heavy atom. The number of carbonyl (C=O) groups is 1. The summed E-state index contributed by atoms with van der Waals surface area (Å²) < 4.78 is 23.5. The highest BCUT2D eigenvalue weighted by Gasteiger charge is 2.36. The van der Waals surface area contributed by atoms with Gasteiger partial charge in [-0.1, -0.05) is 17.7 Å². The number of sulfone groups is 1. The van der Waals surface area contributed by atoms with E-state index in [-0.39, 0.29) is 29.3 Å². The normalized spacial score (nSPS) is 20.5. The van der Waals surface area contributed by atoms with Crippen molar-refractivity contribution in [3.8, 4) is 0 Å². The lowest BCUT2D eigenvalue weighted by molar-refractivity contribution is -0.116. The third kappa shape index (κ3) is 3.40. The van der Waals surface area contributed by atoms with Gasteiger partial charge in [0.05, 0.1) is 17.5 Å². The SMILES string of the molecule is Cc1cc(C)c(N(C(=O)CCl)C2CCS(=O)(=O)C2)c(C)c1. The lowest BCUT2D eigenvalue weighted by Crippen LogP contribution is -2.43. The van der Waals surface area contributed by atoms with Gasteiger partial charge >= 0.3 is 0 Å². The Bertz CT molecular complexity index is 646. The first-order chi connectivity index (χ1) is 9.75. The van der Waals surface area contributed by atoms with Crippen LogP contribution in [0, 0.1) is 20.8 Å². The molecule has 2 rings (SSSR count). The molecule has 1 atom stereocenters. The van der Waals surface area contributed by atoms with Crippen molar-refractivity contribution < 1.29 is 13.2 Å². The largest absolute Gasteiger partial charge is 0.307 e. The zero-order valence-corrected chi connectivity index (χ0v) is 14.1. The van der Waals surface area contributed by atoms with Crippen molar-refractivity contribution in [2.45, 2.75) is 33.2 Å². The van der Waals surface area contributed by atoms with E-state index >= 15 is 0 Å². The summed E-state index contributed by atoms with van der Waals surface area (Å²) in [4.78, 5) is 13.9.